The second kappa shape index (κ2) is 8.64. The Bertz CT molecular complexity index is 1030. The fourth-order valence-electron chi connectivity index (χ4n) is 3.18. The number of benzene rings is 2. The summed E-state index contributed by atoms with van der Waals surface area (Å²) in [6, 6.07) is 8.42. The summed E-state index contributed by atoms with van der Waals surface area (Å²) in [7, 11) is -3.70. The van der Waals surface area contributed by atoms with Gasteiger partial charge in [-0.2, -0.15) is 17.5 Å². The summed E-state index contributed by atoms with van der Waals surface area (Å²) in [5, 5.41) is 2.36. The molecule has 30 heavy (non-hydrogen) atoms. The summed E-state index contributed by atoms with van der Waals surface area (Å²) in [5.74, 6) is -2.52. The number of nitrogens with zero attached hydrogens (tertiary/aromatic N) is 1. The van der Waals surface area contributed by atoms with Gasteiger partial charge in [0.2, 0.25) is 15.9 Å². The van der Waals surface area contributed by atoms with Crippen molar-refractivity contribution in [3.8, 4) is 0 Å². The molecule has 0 bridgehead atoms. The van der Waals surface area contributed by atoms with E-state index in [1.54, 1.807) is 12.1 Å². The molecule has 0 unspecified atom stereocenters. The number of amides is 1. The molecule has 0 aromatic heterocycles. The highest BCUT2D eigenvalue weighted by Gasteiger charge is 2.35. The first-order valence-electron chi connectivity index (χ1n) is 8.92. The predicted octanol–water partition coefficient (Wildman–Crippen LogP) is 4.65. The Hall–Kier alpha value is -1.98. The van der Waals surface area contributed by atoms with Crippen LogP contribution in [0.25, 0.3) is 0 Å². The summed E-state index contributed by atoms with van der Waals surface area (Å²) in [5.41, 5.74) is -1.63. The van der Waals surface area contributed by atoms with Crippen LogP contribution in [-0.4, -0.2) is 31.7 Å². The van der Waals surface area contributed by atoms with E-state index in [1.807, 2.05) is 0 Å². The molecule has 1 fully saturated rings. The Balaban J connectivity index is 1.64. The van der Waals surface area contributed by atoms with Gasteiger partial charge in [-0.15, -0.1) is 0 Å². The van der Waals surface area contributed by atoms with Crippen molar-refractivity contribution >= 4 is 37.5 Å². The van der Waals surface area contributed by atoms with Crippen LogP contribution in [0.1, 0.15) is 18.4 Å². The van der Waals surface area contributed by atoms with Gasteiger partial charge in [0.25, 0.3) is 0 Å². The molecular weight excluding hydrogens is 492 g/mol. The molecule has 3 rings (SSSR count). The Morgan fingerprint density at radius 2 is 1.67 bits per heavy atom. The van der Waals surface area contributed by atoms with E-state index in [0.717, 1.165) is 10.5 Å². The van der Waals surface area contributed by atoms with Gasteiger partial charge in [-0.1, -0.05) is 15.9 Å². The molecule has 1 amide bonds. The van der Waals surface area contributed by atoms with E-state index in [9.17, 15) is 30.8 Å². The molecule has 2 aromatic carbocycles. The molecule has 11 heteroatoms. The number of carbonyl (C=O) groups excluding carboxylic acids is 1. The minimum Gasteiger partial charge on any atom is -0.326 e. The number of carbonyl (C=O) groups is 1. The zero-order valence-corrected chi connectivity index (χ0v) is 17.8. The fourth-order valence-corrected chi connectivity index (χ4v) is 4.91. The van der Waals surface area contributed by atoms with Crippen LogP contribution in [0.5, 0.6) is 0 Å². The average molecular weight is 509 g/mol. The van der Waals surface area contributed by atoms with Crippen LogP contribution in [0.4, 0.5) is 23.2 Å². The SMILES string of the molecule is O=C(Nc1ccc(F)c(C(F)(F)F)c1)C1CCN(S(=O)(=O)c2ccc(Br)cc2)CC1. The van der Waals surface area contributed by atoms with E-state index < -0.39 is 39.4 Å². The van der Waals surface area contributed by atoms with Crippen molar-refractivity contribution in [1.82, 2.24) is 4.31 Å². The van der Waals surface area contributed by atoms with Crippen molar-refractivity contribution < 1.29 is 30.8 Å². The highest BCUT2D eigenvalue weighted by atomic mass is 79.9. The number of halogens is 5. The van der Waals surface area contributed by atoms with Crippen molar-refractivity contribution in [2.45, 2.75) is 23.9 Å². The molecule has 0 spiro atoms. The molecular formula is C19H17BrF4N2O3S. The number of hydrogen-bond donors (Lipinski definition) is 1. The number of piperidine rings is 1. The predicted molar refractivity (Wildman–Crippen MR) is 106 cm³/mol. The number of sulfonamides is 1. The standard InChI is InChI=1S/C19H17BrF4N2O3S/c20-13-1-4-15(5-2-13)30(28,29)26-9-7-12(8-10-26)18(27)25-14-3-6-17(21)16(11-14)19(22,23)24/h1-6,11-12H,7-10H2,(H,25,27). The number of alkyl halides is 3. The maximum Gasteiger partial charge on any atom is 0.419 e. The average Bonchev–Trinajstić information content (AvgIpc) is 2.69. The summed E-state index contributed by atoms with van der Waals surface area (Å²) in [6.45, 7) is 0.210. The van der Waals surface area contributed by atoms with Crippen LogP contribution < -0.4 is 5.32 Å². The quantitative estimate of drug-likeness (QED) is 0.611. The summed E-state index contributed by atoms with van der Waals surface area (Å²) >= 11 is 3.24. The van der Waals surface area contributed by atoms with E-state index in [4.69, 9.17) is 0 Å². The first kappa shape index (κ1) is 22.7. The minimum absolute atomic E-state index is 0.105. The Labute approximate surface area is 179 Å². The van der Waals surface area contributed by atoms with Gasteiger partial charge in [0.05, 0.1) is 10.5 Å². The first-order chi connectivity index (χ1) is 14.0. The van der Waals surface area contributed by atoms with Crippen molar-refractivity contribution in [2.75, 3.05) is 18.4 Å². The number of anilines is 1. The van der Waals surface area contributed by atoms with Crippen molar-refractivity contribution in [3.05, 3.63) is 58.3 Å². The van der Waals surface area contributed by atoms with E-state index >= 15 is 0 Å². The maximum atomic E-state index is 13.4. The molecule has 1 saturated heterocycles. The summed E-state index contributed by atoms with van der Waals surface area (Å²) in [4.78, 5) is 12.6. The lowest BCUT2D eigenvalue weighted by Crippen LogP contribution is -2.41. The van der Waals surface area contributed by atoms with Crippen LogP contribution in [0.3, 0.4) is 0 Å². The lowest BCUT2D eigenvalue weighted by molar-refractivity contribution is -0.140. The van der Waals surface area contributed by atoms with E-state index in [2.05, 4.69) is 21.2 Å². The van der Waals surface area contributed by atoms with Crippen molar-refractivity contribution in [2.24, 2.45) is 5.92 Å². The van der Waals surface area contributed by atoms with Gasteiger partial charge in [-0.05, 0) is 55.3 Å². The first-order valence-corrected chi connectivity index (χ1v) is 11.1. The van der Waals surface area contributed by atoms with E-state index in [0.29, 0.717) is 12.1 Å². The van der Waals surface area contributed by atoms with Gasteiger partial charge >= 0.3 is 6.18 Å². The van der Waals surface area contributed by atoms with Crippen molar-refractivity contribution in [1.29, 1.82) is 0 Å². The van der Waals surface area contributed by atoms with Gasteiger partial charge in [-0.25, -0.2) is 12.8 Å². The number of rotatable bonds is 4. The Kier molecular flexibility index (Phi) is 6.54. The van der Waals surface area contributed by atoms with Crippen LogP contribution in [-0.2, 0) is 21.0 Å². The molecule has 162 valence electrons. The molecule has 1 aliphatic rings. The van der Waals surface area contributed by atoms with Crippen LogP contribution in [0.15, 0.2) is 51.8 Å². The normalized spacial score (nSPS) is 16.4. The number of hydrogen-bond acceptors (Lipinski definition) is 3. The topological polar surface area (TPSA) is 66.5 Å². The van der Waals surface area contributed by atoms with Crippen molar-refractivity contribution in [3.63, 3.8) is 0 Å². The Morgan fingerprint density at radius 3 is 2.23 bits per heavy atom. The smallest absolute Gasteiger partial charge is 0.326 e. The lowest BCUT2D eigenvalue weighted by Gasteiger charge is -2.30. The molecule has 0 atom stereocenters. The van der Waals surface area contributed by atoms with E-state index in [1.165, 1.54) is 16.4 Å². The Morgan fingerprint density at radius 1 is 1.07 bits per heavy atom. The third-order valence-electron chi connectivity index (χ3n) is 4.82. The third kappa shape index (κ3) is 5.01. The third-order valence-corrected chi connectivity index (χ3v) is 7.26. The van der Waals surface area contributed by atoms with Gasteiger partial charge < -0.3 is 5.32 Å². The molecule has 0 aliphatic carbocycles. The second-order valence-electron chi connectivity index (χ2n) is 6.81. The molecule has 1 heterocycles. The van der Waals surface area contributed by atoms with E-state index in [-0.39, 0.29) is 36.5 Å². The molecule has 1 aliphatic heterocycles. The molecule has 0 radical (unpaired) electrons. The van der Waals surface area contributed by atoms with Gasteiger partial charge in [0.15, 0.2) is 0 Å². The monoisotopic (exact) mass is 508 g/mol. The van der Waals surface area contributed by atoms with Crippen LogP contribution in [0.2, 0.25) is 0 Å². The zero-order chi connectivity index (χ0) is 22.1. The largest absolute Gasteiger partial charge is 0.419 e. The summed E-state index contributed by atoms with van der Waals surface area (Å²) < 4.78 is 79.3. The highest BCUT2D eigenvalue weighted by Crippen LogP contribution is 2.33. The minimum atomic E-state index is -4.88. The fraction of sp³-hybridized carbons (Fsp3) is 0.316. The maximum absolute atomic E-state index is 13.4. The second-order valence-corrected chi connectivity index (χ2v) is 9.67. The number of nitrogens with one attached hydrogen (secondary N) is 1. The zero-order valence-electron chi connectivity index (χ0n) is 15.4. The van der Waals surface area contributed by atoms with Gasteiger partial charge in [0.1, 0.15) is 5.82 Å². The molecule has 1 N–H and O–H groups in total. The lowest BCUT2D eigenvalue weighted by atomic mass is 9.97. The molecule has 0 saturated carbocycles. The molecule has 5 nitrogen and oxygen atoms in total. The molecule has 2 aromatic rings. The van der Waals surface area contributed by atoms with Gasteiger partial charge in [-0.3, -0.25) is 4.79 Å². The van der Waals surface area contributed by atoms with Crippen LogP contribution >= 0.6 is 15.9 Å². The highest BCUT2D eigenvalue weighted by molar-refractivity contribution is 9.10. The van der Waals surface area contributed by atoms with Gasteiger partial charge in [0, 0.05) is 29.2 Å². The van der Waals surface area contributed by atoms with Crippen LogP contribution in [0, 0.1) is 11.7 Å². The summed E-state index contributed by atoms with van der Waals surface area (Å²) in [6.07, 6.45) is -4.44.